The van der Waals surface area contributed by atoms with Crippen LogP contribution in [0.2, 0.25) is 5.15 Å². The molecule has 1 amide bonds. The predicted molar refractivity (Wildman–Crippen MR) is 89.7 cm³/mol. The molecule has 0 fully saturated rings. The number of nitrogens with zero attached hydrogens (tertiary/aromatic N) is 2. The zero-order chi connectivity index (χ0) is 16.2. The number of pyridine rings is 1. The molecule has 3 rings (SSSR count). The van der Waals surface area contributed by atoms with Gasteiger partial charge in [0.15, 0.2) is 5.15 Å². The summed E-state index contributed by atoms with van der Waals surface area (Å²) in [6, 6.07) is 12.8. The molecule has 23 heavy (non-hydrogen) atoms. The summed E-state index contributed by atoms with van der Waals surface area (Å²) in [7, 11) is 0. The van der Waals surface area contributed by atoms with Crippen LogP contribution >= 0.6 is 11.6 Å². The van der Waals surface area contributed by atoms with Crippen LogP contribution in [-0.4, -0.2) is 21.4 Å². The molecule has 0 atom stereocenters. The number of halogens is 1. The van der Waals surface area contributed by atoms with Crippen LogP contribution in [0.4, 0.5) is 5.69 Å². The average Bonchev–Trinajstić information content (AvgIpc) is 2.99. The number of carbonyl (C=O) groups excluding carboxylic acids is 2. The van der Waals surface area contributed by atoms with E-state index in [0.717, 1.165) is 10.9 Å². The number of para-hydroxylation sites is 1. The van der Waals surface area contributed by atoms with Gasteiger partial charge in [0, 0.05) is 30.6 Å². The van der Waals surface area contributed by atoms with Gasteiger partial charge in [0.25, 0.3) is 0 Å². The Bertz CT molecular complexity index is 873. The lowest BCUT2D eigenvalue weighted by Crippen LogP contribution is -2.16. The second-order valence-corrected chi connectivity index (χ2v) is 5.39. The van der Waals surface area contributed by atoms with Gasteiger partial charge in [-0.25, -0.2) is 4.98 Å². The van der Waals surface area contributed by atoms with E-state index in [1.165, 1.54) is 0 Å². The fraction of sp³-hybridized carbons (Fsp3) is 0.118. The molecule has 6 heteroatoms. The molecule has 0 unspecified atom stereocenters. The lowest BCUT2D eigenvalue weighted by Gasteiger charge is -2.07. The molecule has 1 N–H and O–H groups in total. The summed E-state index contributed by atoms with van der Waals surface area (Å²) in [5.74, 6) is -0.400. The van der Waals surface area contributed by atoms with Gasteiger partial charge in [0.1, 0.15) is 0 Å². The van der Waals surface area contributed by atoms with Crippen molar-refractivity contribution in [1.29, 1.82) is 0 Å². The highest BCUT2D eigenvalue weighted by Gasteiger charge is 2.12. The maximum atomic E-state index is 12.3. The van der Waals surface area contributed by atoms with Crippen molar-refractivity contribution in [3.8, 4) is 0 Å². The highest BCUT2D eigenvalue weighted by Crippen LogP contribution is 2.18. The minimum absolute atomic E-state index is 0.0799. The lowest BCUT2D eigenvalue weighted by atomic mass is 10.2. The summed E-state index contributed by atoms with van der Waals surface area (Å²) >= 11 is 5.88. The number of nitrogens with one attached hydrogen (secondary N) is 1. The van der Waals surface area contributed by atoms with Crippen molar-refractivity contribution in [3.63, 3.8) is 0 Å². The van der Waals surface area contributed by atoms with E-state index in [2.05, 4.69) is 10.3 Å². The van der Waals surface area contributed by atoms with Crippen LogP contribution in [0, 0.1) is 0 Å². The second-order valence-electron chi connectivity index (χ2n) is 5.03. The third kappa shape index (κ3) is 3.40. The van der Waals surface area contributed by atoms with Crippen LogP contribution in [-0.2, 0) is 4.79 Å². The molecule has 0 saturated heterocycles. The molecule has 0 spiro atoms. The second kappa shape index (κ2) is 6.62. The Morgan fingerprint density at radius 3 is 2.74 bits per heavy atom. The molecule has 3 aromatic rings. The number of hydrogen-bond donors (Lipinski definition) is 1. The molecule has 2 heterocycles. The molecule has 0 aliphatic rings. The van der Waals surface area contributed by atoms with Gasteiger partial charge < -0.3 is 5.32 Å². The molecule has 2 aromatic heterocycles. The van der Waals surface area contributed by atoms with E-state index >= 15 is 0 Å². The van der Waals surface area contributed by atoms with Gasteiger partial charge in [-0.1, -0.05) is 29.8 Å². The van der Waals surface area contributed by atoms with E-state index in [1.807, 2.05) is 30.3 Å². The van der Waals surface area contributed by atoms with Gasteiger partial charge in [-0.3, -0.25) is 14.2 Å². The molecule has 0 saturated carbocycles. The molecule has 116 valence electrons. The standard InChI is InChI=1S/C17H14ClN3O2/c18-17-13(5-3-10-19-17)20-15(22)7-8-16(23)21-11-9-12-4-1-2-6-14(12)21/h1-6,9-11H,7-8H2,(H,20,22). The molecule has 5 nitrogen and oxygen atoms in total. The van der Waals surface area contributed by atoms with Gasteiger partial charge in [0.2, 0.25) is 11.8 Å². The summed E-state index contributed by atoms with van der Waals surface area (Å²) in [6.07, 6.45) is 3.46. The number of benzene rings is 1. The van der Waals surface area contributed by atoms with E-state index in [0.29, 0.717) is 5.69 Å². The van der Waals surface area contributed by atoms with Crippen molar-refractivity contribution < 1.29 is 9.59 Å². The average molecular weight is 328 g/mol. The zero-order valence-electron chi connectivity index (χ0n) is 12.2. The molecule has 0 aliphatic carbocycles. The summed E-state index contributed by atoms with van der Waals surface area (Å²) in [5, 5.41) is 3.87. The van der Waals surface area contributed by atoms with Gasteiger partial charge >= 0.3 is 0 Å². The number of rotatable bonds is 4. The monoisotopic (exact) mass is 327 g/mol. The first-order chi connectivity index (χ1) is 11.1. The van der Waals surface area contributed by atoms with Crippen molar-refractivity contribution >= 4 is 40.0 Å². The summed E-state index contributed by atoms with van der Waals surface area (Å²) in [5.41, 5.74) is 1.28. The quantitative estimate of drug-likeness (QED) is 0.742. The van der Waals surface area contributed by atoms with E-state index in [-0.39, 0.29) is 29.8 Å². The van der Waals surface area contributed by atoms with Gasteiger partial charge in [-0.05, 0) is 24.3 Å². The van der Waals surface area contributed by atoms with Gasteiger partial charge in [0.05, 0.1) is 11.2 Å². The number of fused-ring (bicyclic) bond motifs is 1. The summed E-state index contributed by atoms with van der Waals surface area (Å²) in [6.45, 7) is 0. The van der Waals surface area contributed by atoms with Gasteiger partial charge in [-0.15, -0.1) is 0 Å². The Morgan fingerprint density at radius 1 is 1.09 bits per heavy atom. The summed E-state index contributed by atoms with van der Waals surface area (Å²) < 4.78 is 1.57. The zero-order valence-corrected chi connectivity index (χ0v) is 13.0. The third-order valence-electron chi connectivity index (χ3n) is 3.47. The van der Waals surface area contributed by atoms with Crippen molar-refractivity contribution in [1.82, 2.24) is 9.55 Å². The molecule has 0 aliphatic heterocycles. The van der Waals surface area contributed by atoms with Crippen LogP contribution < -0.4 is 5.32 Å². The minimum Gasteiger partial charge on any atom is -0.323 e. The van der Waals surface area contributed by atoms with Crippen molar-refractivity contribution in [2.24, 2.45) is 0 Å². The van der Waals surface area contributed by atoms with Crippen molar-refractivity contribution in [2.45, 2.75) is 12.8 Å². The third-order valence-corrected chi connectivity index (χ3v) is 3.77. The maximum Gasteiger partial charge on any atom is 0.231 e. The number of carbonyl (C=O) groups is 2. The Kier molecular flexibility index (Phi) is 4.39. The number of aromatic nitrogens is 2. The SMILES string of the molecule is O=C(CCC(=O)n1ccc2ccccc21)Nc1cccnc1Cl. The smallest absolute Gasteiger partial charge is 0.231 e. The fourth-order valence-corrected chi connectivity index (χ4v) is 2.50. The van der Waals surface area contributed by atoms with E-state index in [1.54, 1.807) is 29.1 Å². The maximum absolute atomic E-state index is 12.3. The van der Waals surface area contributed by atoms with Crippen molar-refractivity contribution in [3.05, 3.63) is 60.0 Å². The largest absolute Gasteiger partial charge is 0.323 e. The van der Waals surface area contributed by atoms with Crippen LogP contribution in [0.15, 0.2) is 54.9 Å². The normalized spacial score (nSPS) is 10.7. The Morgan fingerprint density at radius 2 is 1.91 bits per heavy atom. The highest BCUT2D eigenvalue weighted by atomic mass is 35.5. The lowest BCUT2D eigenvalue weighted by molar-refractivity contribution is -0.116. The number of amides is 1. The first kappa shape index (κ1) is 15.2. The fourth-order valence-electron chi connectivity index (χ4n) is 2.33. The van der Waals surface area contributed by atoms with E-state index in [4.69, 9.17) is 11.6 Å². The molecule has 1 aromatic carbocycles. The van der Waals surface area contributed by atoms with Crippen molar-refractivity contribution in [2.75, 3.05) is 5.32 Å². The van der Waals surface area contributed by atoms with Crippen LogP contribution in [0.3, 0.4) is 0 Å². The van der Waals surface area contributed by atoms with Crippen LogP contribution in [0.5, 0.6) is 0 Å². The Labute approximate surface area is 137 Å². The predicted octanol–water partition coefficient (Wildman–Crippen LogP) is 3.75. The highest BCUT2D eigenvalue weighted by molar-refractivity contribution is 6.32. The molecule has 0 radical (unpaired) electrons. The molecular weight excluding hydrogens is 314 g/mol. The minimum atomic E-state index is -0.273. The first-order valence-corrected chi connectivity index (χ1v) is 7.52. The number of hydrogen-bond acceptors (Lipinski definition) is 3. The van der Waals surface area contributed by atoms with Gasteiger partial charge in [-0.2, -0.15) is 0 Å². The van der Waals surface area contributed by atoms with E-state index < -0.39 is 0 Å². The Balaban J connectivity index is 1.63. The molecular formula is C17H14ClN3O2. The first-order valence-electron chi connectivity index (χ1n) is 7.15. The number of anilines is 1. The molecule has 0 bridgehead atoms. The van der Waals surface area contributed by atoms with Crippen LogP contribution in [0.25, 0.3) is 10.9 Å². The Hall–Kier alpha value is -2.66. The topological polar surface area (TPSA) is 64.0 Å². The van der Waals surface area contributed by atoms with Crippen LogP contribution in [0.1, 0.15) is 17.6 Å². The van der Waals surface area contributed by atoms with E-state index in [9.17, 15) is 9.59 Å². The summed E-state index contributed by atoms with van der Waals surface area (Å²) in [4.78, 5) is 28.1.